The fourth-order valence-corrected chi connectivity index (χ4v) is 2.84. The van der Waals surface area contributed by atoms with Gasteiger partial charge in [0.05, 0.1) is 5.92 Å². The Bertz CT molecular complexity index is 265. The van der Waals surface area contributed by atoms with Crippen LogP contribution >= 0.6 is 0 Å². The second-order valence-corrected chi connectivity index (χ2v) is 4.34. The number of rotatable bonds is 1. The fraction of sp³-hybridized carbons (Fsp3) is 0.800. The molecule has 0 aromatic carbocycles. The van der Waals surface area contributed by atoms with Gasteiger partial charge in [0.1, 0.15) is 0 Å². The lowest BCUT2D eigenvalue weighted by atomic mass is 9.80. The Labute approximate surface area is 82.9 Å². The number of hydrogen-bond donors (Lipinski definition) is 1. The number of likely N-dealkylation sites (tertiary alicyclic amines) is 1. The van der Waals surface area contributed by atoms with Gasteiger partial charge in [-0.05, 0) is 25.2 Å². The molecule has 1 N–H and O–H groups in total. The van der Waals surface area contributed by atoms with Gasteiger partial charge in [-0.2, -0.15) is 0 Å². The first-order chi connectivity index (χ1) is 6.59. The molecule has 0 radical (unpaired) electrons. The summed E-state index contributed by atoms with van der Waals surface area (Å²) in [6, 6.07) is 0.313. The first-order valence-corrected chi connectivity index (χ1v) is 5.09. The van der Waals surface area contributed by atoms with Crippen molar-refractivity contribution in [1.82, 2.24) is 4.90 Å². The van der Waals surface area contributed by atoms with Crippen LogP contribution in [0.1, 0.15) is 26.2 Å². The number of carboxylic acids is 1. The van der Waals surface area contributed by atoms with E-state index in [4.69, 9.17) is 5.11 Å². The maximum atomic E-state index is 11.2. The summed E-state index contributed by atoms with van der Waals surface area (Å²) in [6.07, 6.45) is 2.47. The van der Waals surface area contributed by atoms with Gasteiger partial charge >= 0.3 is 5.97 Å². The zero-order valence-corrected chi connectivity index (χ0v) is 8.27. The molecule has 4 nitrogen and oxygen atoms in total. The van der Waals surface area contributed by atoms with Gasteiger partial charge < -0.3 is 10.0 Å². The van der Waals surface area contributed by atoms with Crippen molar-refractivity contribution >= 4 is 11.9 Å². The minimum absolute atomic E-state index is 0.0866. The number of nitrogens with zero attached hydrogens (tertiary/aromatic N) is 1. The van der Waals surface area contributed by atoms with Crippen molar-refractivity contribution in [3.8, 4) is 0 Å². The van der Waals surface area contributed by atoms with E-state index in [2.05, 4.69) is 0 Å². The zero-order valence-electron chi connectivity index (χ0n) is 8.27. The van der Waals surface area contributed by atoms with Gasteiger partial charge in [-0.15, -0.1) is 0 Å². The van der Waals surface area contributed by atoms with Gasteiger partial charge in [-0.25, -0.2) is 0 Å². The summed E-state index contributed by atoms with van der Waals surface area (Å²) in [7, 11) is 0. The third kappa shape index (κ3) is 1.38. The van der Waals surface area contributed by atoms with Crippen LogP contribution in [0.4, 0.5) is 0 Å². The molecule has 3 unspecified atom stereocenters. The highest BCUT2D eigenvalue weighted by molar-refractivity contribution is 5.75. The maximum Gasteiger partial charge on any atom is 0.306 e. The molecule has 1 heterocycles. The number of aliphatic carboxylic acids is 1. The predicted molar refractivity (Wildman–Crippen MR) is 49.6 cm³/mol. The molecule has 0 spiro atoms. The van der Waals surface area contributed by atoms with Crippen molar-refractivity contribution in [3.05, 3.63) is 0 Å². The Balaban J connectivity index is 2.11. The highest BCUT2D eigenvalue weighted by atomic mass is 16.4. The minimum atomic E-state index is -0.696. The van der Waals surface area contributed by atoms with Gasteiger partial charge in [0.2, 0.25) is 5.91 Å². The quantitative estimate of drug-likeness (QED) is 0.673. The SMILES string of the molecule is CC(=O)N1CC2CC1CCC2C(=O)O. The van der Waals surface area contributed by atoms with E-state index in [1.165, 1.54) is 0 Å². The number of hydrogen-bond acceptors (Lipinski definition) is 2. The molecule has 1 saturated carbocycles. The largest absolute Gasteiger partial charge is 0.481 e. The lowest BCUT2D eigenvalue weighted by Crippen LogP contribution is -2.33. The number of carbonyl (C=O) groups excluding carboxylic acids is 1. The second-order valence-electron chi connectivity index (χ2n) is 4.34. The van der Waals surface area contributed by atoms with Crippen molar-refractivity contribution in [3.63, 3.8) is 0 Å². The highest BCUT2D eigenvalue weighted by Crippen LogP contribution is 2.39. The highest BCUT2D eigenvalue weighted by Gasteiger charge is 2.44. The summed E-state index contributed by atoms with van der Waals surface area (Å²) in [5.41, 5.74) is 0. The molecule has 1 aliphatic heterocycles. The summed E-state index contributed by atoms with van der Waals surface area (Å²) < 4.78 is 0. The van der Waals surface area contributed by atoms with E-state index in [0.29, 0.717) is 12.6 Å². The van der Waals surface area contributed by atoms with Crippen LogP contribution in [0, 0.1) is 11.8 Å². The van der Waals surface area contributed by atoms with Crippen LogP contribution in [0.5, 0.6) is 0 Å². The standard InChI is InChI=1S/C10H15NO3/c1-6(12)11-5-7-4-8(11)2-3-9(7)10(13)14/h7-9H,2-5H2,1H3,(H,13,14). The summed E-state index contributed by atoms with van der Waals surface area (Å²) in [5, 5.41) is 8.98. The number of fused-ring (bicyclic) bond motifs is 2. The Morgan fingerprint density at radius 1 is 1.36 bits per heavy atom. The third-order valence-electron chi connectivity index (χ3n) is 3.55. The Morgan fingerprint density at radius 2 is 2.07 bits per heavy atom. The Kier molecular flexibility index (Phi) is 2.21. The van der Waals surface area contributed by atoms with Crippen molar-refractivity contribution < 1.29 is 14.7 Å². The van der Waals surface area contributed by atoms with E-state index >= 15 is 0 Å². The lowest BCUT2D eigenvalue weighted by Gasteiger charge is -2.25. The van der Waals surface area contributed by atoms with Gasteiger partial charge in [0.15, 0.2) is 0 Å². The van der Waals surface area contributed by atoms with E-state index < -0.39 is 5.97 Å². The summed E-state index contributed by atoms with van der Waals surface area (Å²) >= 11 is 0. The minimum Gasteiger partial charge on any atom is -0.481 e. The van der Waals surface area contributed by atoms with Gasteiger partial charge in [0, 0.05) is 19.5 Å². The smallest absolute Gasteiger partial charge is 0.306 e. The molecular weight excluding hydrogens is 182 g/mol. The molecule has 3 atom stereocenters. The Hall–Kier alpha value is -1.06. The van der Waals surface area contributed by atoms with E-state index in [1.807, 2.05) is 4.90 Å². The van der Waals surface area contributed by atoms with Crippen LogP contribution in [0.3, 0.4) is 0 Å². The Morgan fingerprint density at radius 3 is 2.64 bits per heavy atom. The molecule has 2 fully saturated rings. The van der Waals surface area contributed by atoms with Crippen LogP contribution in [0.15, 0.2) is 0 Å². The third-order valence-corrected chi connectivity index (χ3v) is 3.55. The molecule has 2 bridgehead atoms. The molecule has 2 aliphatic rings. The number of carboxylic acid groups (broad SMARTS) is 1. The van der Waals surface area contributed by atoms with Gasteiger partial charge in [-0.3, -0.25) is 9.59 Å². The van der Waals surface area contributed by atoms with Gasteiger partial charge in [0.25, 0.3) is 0 Å². The molecule has 1 saturated heterocycles. The fourth-order valence-electron chi connectivity index (χ4n) is 2.84. The maximum absolute atomic E-state index is 11.2. The molecule has 1 amide bonds. The van der Waals surface area contributed by atoms with E-state index in [9.17, 15) is 9.59 Å². The summed E-state index contributed by atoms with van der Waals surface area (Å²) in [6.45, 7) is 2.22. The predicted octanol–water partition coefficient (Wildman–Crippen LogP) is 0.718. The van der Waals surface area contributed by atoms with E-state index in [0.717, 1.165) is 19.3 Å². The topological polar surface area (TPSA) is 57.6 Å². The number of carbonyl (C=O) groups is 2. The van der Waals surface area contributed by atoms with Crippen molar-refractivity contribution in [1.29, 1.82) is 0 Å². The van der Waals surface area contributed by atoms with Crippen LogP contribution in [-0.2, 0) is 9.59 Å². The first kappa shape index (κ1) is 9.49. The molecule has 14 heavy (non-hydrogen) atoms. The normalized spacial score (nSPS) is 35.8. The first-order valence-electron chi connectivity index (χ1n) is 5.09. The average Bonchev–Trinajstić information content (AvgIpc) is 2.43. The van der Waals surface area contributed by atoms with E-state index in [-0.39, 0.29) is 17.7 Å². The molecule has 78 valence electrons. The van der Waals surface area contributed by atoms with Crippen LogP contribution < -0.4 is 0 Å². The molecular formula is C10H15NO3. The molecule has 0 aromatic rings. The summed E-state index contributed by atoms with van der Waals surface area (Å²) in [5.74, 6) is -0.645. The van der Waals surface area contributed by atoms with Crippen molar-refractivity contribution in [2.75, 3.05) is 6.54 Å². The van der Waals surface area contributed by atoms with Crippen molar-refractivity contribution in [2.24, 2.45) is 11.8 Å². The molecule has 2 rings (SSSR count). The second kappa shape index (κ2) is 3.26. The average molecular weight is 197 g/mol. The summed E-state index contributed by atoms with van der Waals surface area (Å²) in [4.78, 5) is 24.0. The molecule has 4 heteroatoms. The zero-order chi connectivity index (χ0) is 10.3. The van der Waals surface area contributed by atoms with Crippen LogP contribution in [-0.4, -0.2) is 34.5 Å². The van der Waals surface area contributed by atoms with E-state index in [1.54, 1.807) is 6.92 Å². The monoisotopic (exact) mass is 197 g/mol. The van der Waals surface area contributed by atoms with Crippen LogP contribution in [0.2, 0.25) is 0 Å². The van der Waals surface area contributed by atoms with Crippen molar-refractivity contribution in [2.45, 2.75) is 32.2 Å². The molecule has 1 aliphatic carbocycles. The van der Waals surface area contributed by atoms with Gasteiger partial charge in [-0.1, -0.05) is 0 Å². The number of amides is 1. The lowest BCUT2D eigenvalue weighted by molar-refractivity contribution is -0.144. The van der Waals surface area contributed by atoms with Crippen LogP contribution in [0.25, 0.3) is 0 Å². The molecule has 0 aromatic heterocycles.